The summed E-state index contributed by atoms with van der Waals surface area (Å²) >= 11 is 0. The van der Waals surface area contributed by atoms with Gasteiger partial charge in [0, 0.05) is 31.4 Å². The fourth-order valence-electron chi connectivity index (χ4n) is 3.01. The zero-order valence-corrected chi connectivity index (χ0v) is 18.4. The molecule has 0 fully saturated rings. The number of sulfonamides is 2. The van der Waals surface area contributed by atoms with E-state index in [2.05, 4.69) is 14.3 Å². The highest BCUT2D eigenvalue weighted by Crippen LogP contribution is 2.31. The topological polar surface area (TPSA) is 114 Å². The molecular formula is C19H25N3O6S2. The monoisotopic (exact) mass is 455 g/mol. The summed E-state index contributed by atoms with van der Waals surface area (Å²) in [6.07, 6.45) is 2.20. The highest BCUT2D eigenvalue weighted by Gasteiger charge is 2.14. The summed E-state index contributed by atoms with van der Waals surface area (Å²) in [5.41, 5.74) is 1.97. The summed E-state index contributed by atoms with van der Waals surface area (Å²) in [6, 6.07) is 12.1. The Morgan fingerprint density at radius 2 is 1.33 bits per heavy atom. The first-order chi connectivity index (χ1) is 14.1. The predicted octanol–water partition coefficient (Wildman–Crippen LogP) is 1.70. The van der Waals surface area contributed by atoms with Gasteiger partial charge in [0.25, 0.3) is 0 Å². The second-order valence-corrected chi connectivity index (χ2v) is 10.6. The SMILES string of the molecule is CS(=O)(=O)Nc1ccc(CN2CCOc3ccc(NS(C)(=O)=O)cc3OCC2)cc1. The largest absolute Gasteiger partial charge is 0.488 e. The Kier molecular flexibility index (Phi) is 6.74. The van der Waals surface area contributed by atoms with Crippen molar-refractivity contribution in [2.24, 2.45) is 0 Å². The van der Waals surface area contributed by atoms with Crippen molar-refractivity contribution >= 4 is 31.4 Å². The van der Waals surface area contributed by atoms with Crippen LogP contribution in [0.4, 0.5) is 11.4 Å². The highest BCUT2D eigenvalue weighted by molar-refractivity contribution is 7.92. The number of hydrogen-bond acceptors (Lipinski definition) is 7. The standard InChI is InChI=1S/C19H25N3O6S2/c1-29(23,24)20-16-5-3-15(4-6-16)14-22-9-11-27-18-8-7-17(21-30(2,25)26)13-19(18)28-12-10-22/h3-8,13,20-21H,9-12,14H2,1-2H3. The van der Waals surface area contributed by atoms with Crippen LogP contribution >= 0.6 is 0 Å². The number of ether oxygens (including phenoxy) is 2. The third kappa shape index (κ3) is 7.08. The van der Waals surface area contributed by atoms with Gasteiger partial charge in [-0.3, -0.25) is 14.3 Å². The smallest absolute Gasteiger partial charge is 0.229 e. The maximum Gasteiger partial charge on any atom is 0.229 e. The maximum absolute atomic E-state index is 11.4. The zero-order chi connectivity index (χ0) is 21.8. The Labute approximate surface area is 177 Å². The molecule has 2 aromatic carbocycles. The molecular weight excluding hydrogens is 430 g/mol. The minimum atomic E-state index is -3.38. The van der Waals surface area contributed by atoms with Gasteiger partial charge in [-0.25, -0.2) is 16.8 Å². The molecule has 0 saturated carbocycles. The lowest BCUT2D eigenvalue weighted by atomic mass is 10.2. The number of fused-ring (bicyclic) bond motifs is 1. The van der Waals surface area contributed by atoms with Gasteiger partial charge in [0.05, 0.1) is 18.2 Å². The minimum Gasteiger partial charge on any atom is -0.488 e. The second-order valence-electron chi connectivity index (χ2n) is 7.08. The highest BCUT2D eigenvalue weighted by atomic mass is 32.2. The van der Waals surface area contributed by atoms with Crippen molar-refractivity contribution in [3.8, 4) is 11.5 Å². The van der Waals surface area contributed by atoms with Gasteiger partial charge in [-0.2, -0.15) is 0 Å². The van der Waals surface area contributed by atoms with Crippen molar-refractivity contribution in [2.45, 2.75) is 6.54 Å². The molecule has 0 aromatic heterocycles. The summed E-state index contributed by atoms with van der Waals surface area (Å²) < 4.78 is 62.0. The molecule has 1 aliphatic rings. The van der Waals surface area contributed by atoms with E-state index in [9.17, 15) is 16.8 Å². The summed E-state index contributed by atoms with van der Waals surface area (Å²) in [4.78, 5) is 2.17. The van der Waals surface area contributed by atoms with Crippen LogP contribution in [0.1, 0.15) is 5.56 Å². The second kappa shape index (κ2) is 9.11. The van der Waals surface area contributed by atoms with Gasteiger partial charge in [0.1, 0.15) is 13.2 Å². The van der Waals surface area contributed by atoms with E-state index >= 15 is 0 Å². The van der Waals surface area contributed by atoms with Crippen LogP contribution < -0.4 is 18.9 Å². The molecule has 0 atom stereocenters. The molecule has 0 radical (unpaired) electrons. The minimum absolute atomic E-state index is 0.409. The zero-order valence-electron chi connectivity index (χ0n) is 16.8. The first-order valence-electron chi connectivity index (χ1n) is 9.24. The van der Waals surface area contributed by atoms with Gasteiger partial charge >= 0.3 is 0 Å². The first kappa shape index (κ1) is 22.2. The molecule has 0 bridgehead atoms. The molecule has 0 amide bonds. The molecule has 0 spiro atoms. The van der Waals surface area contributed by atoms with Gasteiger partial charge in [0.2, 0.25) is 20.0 Å². The van der Waals surface area contributed by atoms with Crippen LogP contribution in [0.5, 0.6) is 11.5 Å². The van der Waals surface area contributed by atoms with Crippen LogP contribution in [0.15, 0.2) is 42.5 Å². The maximum atomic E-state index is 11.4. The van der Waals surface area contributed by atoms with E-state index in [4.69, 9.17) is 9.47 Å². The number of rotatable bonds is 6. The molecule has 0 aliphatic carbocycles. The summed E-state index contributed by atoms with van der Waals surface area (Å²) in [5, 5.41) is 0. The van der Waals surface area contributed by atoms with E-state index in [1.807, 2.05) is 12.1 Å². The Bertz CT molecular complexity index is 1090. The Morgan fingerprint density at radius 3 is 1.93 bits per heavy atom. The lowest BCUT2D eigenvalue weighted by Gasteiger charge is -2.21. The molecule has 11 heteroatoms. The molecule has 164 valence electrons. The van der Waals surface area contributed by atoms with Crippen molar-refractivity contribution in [3.05, 3.63) is 48.0 Å². The average molecular weight is 456 g/mol. The number of benzene rings is 2. The van der Waals surface area contributed by atoms with Gasteiger partial charge in [-0.05, 0) is 29.8 Å². The van der Waals surface area contributed by atoms with Crippen molar-refractivity contribution < 1.29 is 26.3 Å². The normalized spacial score (nSPS) is 15.5. The molecule has 1 heterocycles. The van der Waals surface area contributed by atoms with E-state index < -0.39 is 20.0 Å². The molecule has 2 N–H and O–H groups in total. The summed E-state index contributed by atoms with van der Waals surface area (Å²) in [7, 11) is -6.68. The molecule has 30 heavy (non-hydrogen) atoms. The fourth-order valence-corrected chi connectivity index (χ4v) is 4.13. The van der Waals surface area contributed by atoms with Gasteiger partial charge in [0.15, 0.2) is 11.5 Å². The Hall–Kier alpha value is -2.50. The van der Waals surface area contributed by atoms with E-state index in [0.29, 0.717) is 55.7 Å². The third-order valence-corrected chi connectivity index (χ3v) is 5.45. The van der Waals surface area contributed by atoms with Crippen LogP contribution in [0, 0.1) is 0 Å². The summed E-state index contributed by atoms with van der Waals surface area (Å²) in [5.74, 6) is 1.05. The lowest BCUT2D eigenvalue weighted by molar-refractivity contribution is 0.190. The Morgan fingerprint density at radius 1 is 0.800 bits per heavy atom. The number of anilines is 2. The van der Waals surface area contributed by atoms with Crippen LogP contribution in [0.3, 0.4) is 0 Å². The van der Waals surface area contributed by atoms with E-state index in [-0.39, 0.29) is 0 Å². The third-order valence-electron chi connectivity index (χ3n) is 4.24. The number of hydrogen-bond donors (Lipinski definition) is 2. The van der Waals surface area contributed by atoms with Crippen LogP contribution in [0.25, 0.3) is 0 Å². The van der Waals surface area contributed by atoms with Gasteiger partial charge in [-0.15, -0.1) is 0 Å². The molecule has 1 aliphatic heterocycles. The predicted molar refractivity (Wildman–Crippen MR) is 116 cm³/mol. The molecule has 2 aromatic rings. The average Bonchev–Trinajstić information content (AvgIpc) is 2.71. The Balaban J connectivity index is 1.62. The lowest BCUT2D eigenvalue weighted by Crippen LogP contribution is -2.31. The molecule has 9 nitrogen and oxygen atoms in total. The van der Waals surface area contributed by atoms with Gasteiger partial charge < -0.3 is 9.47 Å². The van der Waals surface area contributed by atoms with E-state index in [0.717, 1.165) is 18.1 Å². The van der Waals surface area contributed by atoms with Crippen molar-refractivity contribution in [2.75, 3.05) is 48.3 Å². The first-order valence-corrected chi connectivity index (χ1v) is 13.0. The van der Waals surface area contributed by atoms with E-state index in [1.54, 1.807) is 30.3 Å². The van der Waals surface area contributed by atoms with Crippen molar-refractivity contribution in [1.82, 2.24) is 4.90 Å². The van der Waals surface area contributed by atoms with Crippen LogP contribution in [-0.2, 0) is 26.6 Å². The molecule has 0 saturated heterocycles. The molecule has 0 unspecified atom stereocenters. The van der Waals surface area contributed by atoms with Crippen LogP contribution in [0.2, 0.25) is 0 Å². The summed E-state index contributed by atoms with van der Waals surface area (Å²) in [6.45, 7) is 2.84. The van der Waals surface area contributed by atoms with Crippen LogP contribution in [-0.4, -0.2) is 60.6 Å². The van der Waals surface area contributed by atoms with Crippen molar-refractivity contribution in [3.63, 3.8) is 0 Å². The van der Waals surface area contributed by atoms with Gasteiger partial charge in [-0.1, -0.05) is 12.1 Å². The van der Waals surface area contributed by atoms with Crippen molar-refractivity contribution in [1.29, 1.82) is 0 Å². The quantitative estimate of drug-likeness (QED) is 0.681. The number of nitrogens with one attached hydrogen (secondary N) is 2. The van der Waals surface area contributed by atoms with E-state index in [1.165, 1.54) is 0 Å². The molecule has 3 rings (SSSR count). The number of nitrogens with zero attached hydrogens (tertiary/aromatic N) is 1. The fraction of sp³-hybridized carbons (Fsp3) is 0.368.